The molecule has 0 aromatic carbocycles. The van der Waals surface area contributed by atoms with Crippen LogP contribution in [0.4, 0.5) is 4.79 Å². The van der Waals surface area contributed by atoms with Gasteiger partial charge >= 0.3 is 6.09 Å². The number of rotatable bonds is 4. The van der Waals surface area contributed by atoms with Gasteiger partial charge in [0.1, 0.15) is 5.60 Å². The summed E-state index contributed by atoms with van der Waals surface area (Å²) in [4.78, 5) is 13.8. The van der Waals surface area contributed by atoms with Crippen LogP contribution in [0.25, 0.3) is 0 Å². The molecule has 0 spiro atoms. The van der Waals surface area contributed by atoms with E-state index in [2.05, 4.69) is 19.2 Å². The van der Waals surface area contributed by atoms with Crippen molar-refractivity contribution in [3.05, 3.63) is 0 Å². The first kappa shape index (κ1) is 16.2. The minimum Gasteiger partial charge on any atom is -0.444 e. The fourth-order valence-corrected chi connectivity index (χ4v) is 2.16. The van der Waals surface area contributed by atoms with E-state index in [1.165, 1.54) is 0 Å². The van der Waals surface area contributed by atoms with Crippen LogP contribution >= 0.6 is 0 Å². The van der Waals surface area contributed by atoms with Crippen LogP contribution in [-0.2, 0) is 4.74 Å². The average Bonchev–Trinajstić information content (AvgIpc) is 2.69. The smallest absolute Gasteiger partial charge is 0.410 e. The molecule has 1 fully saturated rings. The molecule has 19 heavy (non-hydrogen) atoms. The fraction of sp³-hybridized carbons (Fsp3) is 0.929. The lowest BCUT2D eigenvalue weighted by molar-refractivity contribution is 0.0281. The zero-order valence-corrected chi connectivity index (χ0v) is 13.0. The lowest BCUT2D eigenvalue weighted by atomic mass is 9.98. The number of hydrogen-bond acceptors (Lipinski definition) is 4. The third-order valence-electron chi connectivity index (χ3n) is 3.28. The van der Waals surface area contributed by atoms with Gasteiger partial charge < -0.3 is 20.7 Å². The molecule has 112 valence electrons. The number of ether oxygens (including phenoxy) is 1. The number of carbonyl (C=O) groups excluding carboxylic acids is 1. The van der Waals surface area contributed by atoms with Gasteiger partial charge in [-0.1, -0.05) is 13.8 Å². The van der Waals surface area contributed by atoms with Crippen molar-refractivity contribution in [1.82, 2.24) is 10.2 Å². The molecule has 0 bridgehead atoms. The van der Waals surface area contributed by atoms with Gasteiger partial charge in [-0.15, -0.1) is 0 Å². The van der Waals surface area contributed by atoms with Gasteiger partial charge in [-0.2, -0.15) is 0 Å². The molecular formula is C14H29N3O2. The Morgan fingerprint density at radius 2 is 2.11 bits per heavy atom. The molecule has 1 saturated heterocycles. The molecule has 1 heterocycles. The van der Waals surface area contributed by atoms with E-state index in [1.54, 1.807) is 4.90 Å². The number of likely N-dealkylation sites (tertiary alicyclic amines) is 1. The highest BCUT2D eigenvalue weighted by atomic mass is 16.6. The van der Waals surface area contributed by atoms with E-state index in [0.29, 0.717) is 25.6 Å². The van der Waals surface area contributed by atoms with E-state index >= 15 is 0 Å². The van der Waals surface area contributed by atoms with E-state index in [-0.39, 0.29) is 11.6 Å². The number of amides is 1. The van der Waals surface area contributed by atoms with Gasteiger partial charge in [-0.25, -0.2) is 4.79 Å². The molecule has 0 saturated carbocycles. The molecule has 1 aliphatic heterocycles. The summed E-state index contributed by atoms with van der Waals surface area (Å²) >= 11 is 0. The van der Waals surface area contributed by atoms with Crippen LogP contribution < -0.4 is 11.1 Å². The Bertz CT molecular complexity index is 312. The zero-order chi connectivity index (χ0) is 14.7. The summed E-state index contributed by atoms with van der Waals surface area (Å²) < 4.78 is 5.40. The zero-order valence-electron chi connectivity index (χ0n) is 13.0. The Morgan fingerprint density at radius 3 is 2.58 bits per heavy atom. The van der Waals surface area contributed by atoms with E-state index in [1.807, 2.05) is 20.8 Å². The second-order valence-electron chi connectivity index (χ2n) is 6.91. The van der Waals surface area contributed by atoms with E-state index in [4.69, 9.17) is 10.5 Å². The fourth-order valence-electron chi connectivity index (χ4n) is 2.16. The van der Waals surface area contributed by atoms with Crippen LogP contribution in [0.2, 0.25) is 0 Å². The number of hydrogen-bond donors (Lipinski definition) is 2. The Hall–Kier alpha value is -0.810. The van der Waals surface area contributed by atoms with Gasteiger partial charge in [0.25, 0.3) is 0 Å². The summed E-state index contributed by atoms with van der Waals surface area (Å²) in [6.45, 7) is 12.8. The topological polar surface area (TPSA) is 67.6 Å². The number of carbonyl (C=O) groups is 1. The Morgan fingerprint density at radius 1 is 1.47 bits per heavy atom. The van der Waals surface area contributed by atoms with Crippen LogP contribution in [0.3, 0.4) is 0 Å². The van der Waals surface area contributed by atoms with Gasteiger partial charge in [-0.3, -0.25) is 0 Å². The van der Waals surface area contributed by atoms with E-state index in [0.717, 1.165) is 13.0 Å². The number of nitrogens with zero attached hydrogens (tertiary/aromatic N) is 1. The monoisotopic (exact) mass is 271 g/mol. The molecule has 1 amide bonds. The van der Waals surface area contributed by atoms with Gasteiger partial charge in [0.05, 0.1) is 5.54 Å². The summed E-state index contributed by atoms with van der Waals surface area (Å²) in [5.41, 5.74) is 5.30. The van der Waals surface area contributed by atoms with Crippen LogP contribution in [0.5, 0.6) is 0 Å². The maximum absolute atomic E-state index is 12.0. The van der Waals surface area contributed by atoms with Crippen LogP contribution in [0.1, 0.15) is 41.0 Å². The number of nitrogens with one attached hydrogen (secondary N) is 1. The molecule has 0 aromatic rings. The van der Waals surface area contributed by atoms with Gasteiger partial charge in [0.15, 0.2) is 0 Å². The first-order valence-corrected chi connectivity index (χ1v) is 7.10. The molecule has 0 aromatic heterocycles. The summed E-state index contributed by atoms with van der Waals surface area (Å²) in [6, 6.07) is 0. The highest BCUT2D eigenvalue weighted by molar-refractivity contribution is 5.68. The van der Waals surface area contributed by atoms with Crippen molar-refractivity contribution in [2.45, 2.75) is 52.2 Å². The molecule has 1 unspecified atom stereocenters. The normalized spacial score (nSPS) is 24.1. The third-order valence-corrected chi connectivity index (χ3v) is 3.28. The standard InChI is InChI=1S/C14H29N3O2/c1-11(2)8-16-14(9-15)6-7-17(10-14)12(18)19-13(3,4)5/h11,16H,6-10,15H2,1-5H3. The quantitative estimate of drug-likeness (QED) is 0.814. The molecule has 5 heteroatoms. The molecule has 3 N–H and O–H groups in total. The second kappa shape index (κ2) is 6.09. The lowest BCUT2D eigenvalue weighted by Gasteiger charge is -2.31. The van der Waals surface area contributed by atoms with Crippen molar-refractivity contribution in [2.75, 3.05) is 26.2 Å². The summed E-state index contributed by atoms with van der Waals surface area (Å²) in [6.07, 6.45) is 0.643. The Balaban J connectivity index is 2.57. The first-order chi connectivity index (χ1) is 8.67. The number of nitrogens with two attached hydrogens (primary N) is 1. The molecule has 5 nitrogen and oxygen atoms in total. The van der Waals surface area contributed by atoms with Crippen molar-refractivity contribution >= 4 is 6.09 Å². The van der Waals surface area contributed by atoms with E-state index in [9.17, 15) is 4.79 Å². The SMILES string of the molecule is CC(C)CNC1(CN)CCN(C(=O)OC(C)(C)C)C1. The molecule has 1 aliphatic rings. The predicted molar refractivity (Wildman–Crippen MR) is 77.1 cm³/mol. The van der Waals surface area contributed by atoms with Gasteiger partial charge in [0, 0.05) is 19.6 Å². The minimum atomic E-state index is -0.448. The van der Waals surface area contributed by atoms with Gasteiger partial charge in [0.2, 0.25) is 0 Å². The van der Waals surface area contributed by atoms with Gasteiger partial charge in [-0.05, 0) is 39.7 Å². The van der Waals surface area contributed by atoms with Crippen molar-refractivity contribution in [1.29, 1.82) is 0 Å². The Labute approximate surface area is 116 Å². The summed E-state index contributed by atoms with van der Waals surface area (Å²) in [5.74, 6) is 0.569. The first-order valence-electron chi connectivity index (χ1n) is 7.10. The van der Waals surface area contributed by atoms with Crippen LogP contribution in [0.15, 0.2) is 0 Å². The average molecular weight is 271 g/mol. The summed E-state index contributed by atoms with van der Waals surface area (Å²) in [5, 5.41) is 3.52. The van der Waals surface area contributed by atoms with Crippen LogP contribution in [-0.4, -0.2) is 48.3 Å². The Kier molecular flexibility index (Phi) is 5.21. The molecular weight excluding hydrogens is 242 g/mol. The van der Waals surface area contributed by atoms with Crippen LogP contribution in [0, 0.1) is 5.92 Å². The maximum atomic E-state index is 12.0. The summed E-state index contributed by atoms with van der Waals surface area (Å²) in [7, 11) is 0. The maximum Gasteiger partial charge on any atom is 0.410 e. The van der Waals surface area contributed by atoms with Crippen molar-refractivity contribution in [2.24, 2.45) is 11.7 Å². The molecule has 1 atom stereocenters. The minimum absolute atomic E-state index is 0.152. The highest BCUT2D eigenvalue weighted by Crippen LogP contribution is 2.22. The molecule has 0 radical (unpaired) electrons. The molecule has 0 aliphatic carbocycles. The largest absolute Gasteiger partial charge is 0.444 e. The second-order valence-corrected chi connectivity index (χ2v) is 6.91. The van der Waals surface area contributed by atoms with Crippen molar-refractivity contribution in [3.8, 4) is 0 Å². The van der Waals surface area contributed by atoms with Crippen molar-refractivity contribution in [3.63, 3.8) is 0 Å². The predicted octanol–water partition coefficient (Wildman–Crippen LogP) is 1.57. The van der Waals surface area contributed by atoms with E-state index < -0.39 is 5.60 Å². The highest BCUT2D eigenvalue weighted by Gasteiger charge is 2.39. The van der Waals surface area contributed by atoms with Crippen molar-refractivity contribution < 1.29 is 9.53 Å². The lowest BCUT2D eigenvalue weighted by Crippen LogP contribution is -2.54. The molecule has 1 rings (SSSR count). The third kappa shape index (κ3) is 4.99.